The van der Waals surface area contributed by atoms with Gasteiger partial charge in [0.25, 0.3) is 0 Å². The summed E-state index contributed by atoms with van der Waals surface area (Å²) in [5, 5.41) is 0. The molecule has 5 heteroatoms. The monoisotopic (exact) mass is 451 g/mol. The van der Waals surface area contributed by atoms with Crippen molar-refractivity contribution in [3.8, 4) is 0 Å². The standard InChI is InChI=1S/C28H37NO4/c1-16-12-11-13-17(2)22(16)29-23-18(3)20-14-28(15-21(20)19(23)4,24(30)32-26(5,6)7)25(31)33-27(8,9)10/h11-13H,14-15H2,1-10H3. The van der Waals surface area contributed by atoms with Gasteiger partial charge in [0.2, 0.25) is 0 Å². The Bertz CT molecular complexity index is 1020. The maximum atomic E-state index is 13.4. The minimum absolute atomic E-state index is 0.265. The molecule has 0 aromatic heterocycles. The van der Waals surface area contributed by atoms with Crippen LogP contribution in [0.25, 0.3) is 0 Å². The lowest BCUT2D eigenvalue weighted by atomic mass is 9.83. The van der Waals surface area contributed by atoms with Crippen LogP contribution in [0, 0.1) is 19.3 Å². The van der Waals surface area contributed by atoms with Gasteiger partial charge in [0, 0.05) is 12.8 Å². The Kier molecular flexibility index (Phi) is 6.25. The number of carbonyl (C=O) groups is 2. The van der Waals surface area contributed by atoms with Crippen molar-refractivity contribution in [1.29, 1.82) is 0 Å². The Hall–Kier alpha value is -2.69. The molecule has 178 valence electrons. The molecule has 0 unspecified atom stereocenters. The number of esters is 2. The first-order valence-corrected chi connectivity index (χ1v) is 11.6. The van der Waals surface area contributed by atoms with Crippen molar-refractivity contribution in [3.05, 3.63) is 51.6 Å². The highest BCUT2D eigenvalue weighted by Gasteiger charge is 2.57. The summed E-state index contributed by atoms with van der Waals surface area (Å²) >= 11 is 0. The number of para-hydroxylation sites is 1. The van der Waals surface area contributed by atoms with Crippen LogP contribution < -0.4 is 0 Å². The second kappa shape index (κ2) is 8.27. The van der Waals surface area contributed by atoms with Crippen molar-refractivity contribution in [2.45, 2.75) is 93.3 Å². The minimum atomic E-state index is -1.38. The predicted molar refractivity (Wildman–Crippen MR) is 132 cm³/mol. The van der Waals surface area contributed by atoms with Gasteiger partial charge in [0.1, 0.15) is 11.2 Å². The first-order valence-electron chi connectivity index (χ1n) is 11.6. The van der Waals surface area contributed by atoms with Gasteiger partial charge < -0.3 is 9.47 Å². The molecule has 0 bridgehead atoms. The Morgan fingerprint density at radius 3 is 1.55 bits per heavy atom. The molecule has 0 saturated heterocycles. The van der Waals surface area contributed by atoms with Crippen molar-refractivity contribution in [2.75, 3.05) is 0 Å². The van der Waals surface area contributed by atoms with Gasteiger partial charge in [-0.15, -0.1) is 0 Å². The average Bonchev–Trinajstić information content (AvgIpc) is 3.14. The van der Waals surface area contributed by atoms with Crippen molar-refractivity contribution in [2.24, 2.45) is 10.4 Å². The number of nitrogens with zero attached hydrogens (tertiary/aromatic N) is 1. The zero-order valence-corrected chi connectivity index (χ0v) is 21.7. The maximum Gasteiger partial charge on any atom is 0.324 e. The molecular weight excluding hydrogens is 414 g/mol. The van der Waals surface area contributed by atoms with Crippen molar-refractivity contribution >= 4 is 23.3 Å². The molecular formula is C28H37NO4. The SMILES string of the molecule is CC1=C2CC(C(=O)OC(C)(C)C)(C(=O)OC(C)(C)C)CC2=C(C)C1=Nc1c(C)cccc1C. The van der Waals surface area contributed by atoms with E-state index in [0.29, 0.717) is 0 Å². The van der Waals surface area contributed by atoms with Gasteiger partial charge in [-0.1, -0.05) is 18.2 Å². The van der Waals surface area contributed by atoms with E-state index in [9.17, 15) is 9.59 Å². The Morgan fingerprint density at radius 1 is 0.788 bits per heavy atom. The number of aliphatic imine (C=N–C) groups is 1. The van der Waals surface area contributed by atoms with Crippen LogP contribution in [0.4, 0.5) is 5.69 Å². The molecule has 0 amide bonds. The molecule has 0 spiro atoms. The first-order chi connectivity index (χ1) is 15.1. The van der Waals surface area contributed by atoms with Crippen molar-refractivity contribution < 1.29 is 19.1 Å². The maximum absolute atomic E-state index is 13.4. The normalized spacial score (nSPS) is 17.9. The smallest absolute Gasteiger partial charge is 0.324 e. The Balaban J connectivity index is 2.08. The molecule has 5 nitrogen and oxygen atoms in total. The summed E-state index contributed by atoms with van der Waals surface area (Å²) in [6.07, 6.45) is 0.530. The van der Waals surface area contributed by atoms with Crippen LogP contribution in [0.5, 0.6) is 0 Å². The third-order valence-corrected chi connectivity index (χ3v) is 6.18. The number of allylic oxidation sites excluding steroid dienone is 4. The second-order valence-electron chi connectivity index (χ2n) is 11.3. The van der Waals surface area contributed by atoms with E-state index in [4.69, 9.17) is 14.5 Å². The molecule has 0 radical (unpaired) electrons. The van der Waals surface area contributed by atoms with Crippen LogP contribution in [-0.2, 0) is 19.1 Å². The highest BCUT2D eigenvalue weighted by Crippen LogP contribution is 2.53. The Morgan fingerprint density at radius 2 is 1.18 bits per heavy atom. The molecule has 0 atom stereocenters. The summed E-state index contributed by atoms with van der Waals surface area (Å²) in [7, 11) is 0. The molecule has 1 saturated carbocycles. The Labute approximate surface area is 198 Å². The third-order valence-electron chi connectivity index (χ3n) is 6.18. The van der Waals surface area contributed by atoms with Gasteiger partial charge in [-0.25, -0.2) is 4.99 Å². The summed E-state index contributed by atoms with van der Waals surface area (Å²) in [6.45, 7) is 19.0. The van der Waals surface area contributed by atoms with E-state index in [2.05, 4.69) is 26.0 Å². The number of carbonyl (C=O) groups excluding carboxylic acids is 2. The highest BCUT2D eigenvalue weighted by atomic mass is 16.6. The van der Waals surface area contributed by atoms with Crippen LogP contribution in [0.1, 0.15) is 79.4 Å². The molecule has 0 heterocycles. The van der Waals surface area contributed by atoms with Gasteiger partial charge in [-0.05, 0) is 103 Å². The summed E-state index contributed by atoms with van der Waals surface area (Å²) < 4.78 is 11.5. The molecule has 0 aliphatic heterocycles. The van der Waals surface area contributed by atoms with E-state index in [-0.39, 0.29) is 12.8 Å². The van der Waals surface area contributed by atoms with Crippen LogP contribution in [0.2, 0.25) is 0 Å². The number of aryl methyl sites for hydroxylation is 2. The lowest BCUT2D eigenvalue weighted by Crippen LogP contribution is -2.45. The van der Waals surface area contributed by atoms with E-state index >= 15 is 0 Å². The number of hydrogen-bond donors (Lipinski definition) is 0. The lowest BCUT2D eigenvalue weighted by Gasteiger charge is -2.32. The fourth-order valence-electron chi connectivity index (χ4n) is 4.55. The minimum Gasteiger partial charge on any atom is -0.459 e. The number of hydrogen-bond acceptors (Lipinski definition) is 5. The fraction of sp³-hybridized carbons (Fsp3) is 0.536. The summed E-state index contributed by atoms with van der Waals surface area (Å²) in [6, 6.07) is 6.15. The largest absolute Gasteiger partial charge is 0.459 e. The van der Waals surface area contributed by atoms with E-state index in [1.165, 1.54) is 0 Å². The third kappa shape index (κ3) is 4.83. The molecule has 1 fully saturated rings. The number of rotatable bonds is 3. The predicted octanol–water partition coefficient (Wildman–Crippen LogP) is 6.49. The highest BCUT2D eigenvalue weighted by molar-refractivity contribution is 6.18. The summed E-state index contributed by atoms with van der Waals surface area (Å²) in [5.74, 6) is -1.04. The molecule has 1 aromatic rings. The molecule has 3 rings (SSSR count). The van der Waals surface area contributed by atoms with Crippen LogP contribution >= 0.6 is 0 Å². The first kappa shape index (κ1) is 24.9. The van der Waals surface area contributed by atoms with E-state index in [0.717, 1.165) is 44.8 Å². The average molecular weight is 452 g/mol. The molecule has 1 aromatic carbocycles. The van der Waals surface area contributed by atoms with Crippen molar-refractivity contribution in [1.82, 2.24) is 0 Å². The van der Waals surface area contributed by atoms with E-state index in [1.54, 1.807) is 0 Å². The topological polar surface area (TPSA) is 65.0 Å². The van der Waals surface area contributed by atoms with Gasteiger partial charge in [-0.2, -0.15) is 0 Å². The number of ether oxygens (including phenoxy) is 2. The van der Waals surface area contributed by atoms with Gasteiger partial charge in [0.05, 0.1) is 11.4 Å². The number of benzene rings is 1. The van der Waals surface area contributed by atoms with E-state index in [1.807, 2.05) is 61.5 Å². The van der Waals surface area contributed by atoms with Gasteiger partial charge in [-0.3, -0.25) is 9.59 Å². The molecule has 0 N–H and O–H groups in total. The molecule has 33 heavy (non-hydrogen) atoms. The van der Waals surface area contributed by atoms with E-state index < -0.39 is 28.6 Å². The quantitative estimate of drug-likeness (QED) is 0.389. The van der Waals surface area contributed by atoms with Crippen LogP contribution in [0.3, 0.4) is 0 Å². The lowest BCUT2D eigenvalue weighted by molar-refractivity contribution is -0.184. The van der Waals surface area contributed by atoms with Gasteiger partial charge >= 0.3 is 11.9 Å². The number of fused-ring (bicyclic) bond motifs is 1. The fourth-order valence-corrected chi connectivity index (χ4v) is 4.55. The molecule has 2 aliphatic carbocycles. The summed E-state index contributed by atoms with van der Waals surface area (Å²) in [5.41, 5.74) is 5.40. The van der Waals surface area contributed by atoms with Crippen LogP contribution in [-0.4, -0.2) is 28.9 Å². The van der Waals surface area contributed by atoms with Crippen LogP contribution in [0.15, 0.2) is 45.5 Å². The zero-order valence-electron chi connectivity index (χ0n) is 21.7. The molecule has 2 aliphatic rings. The zero-order chi connectivity index (χ0) is 24.9. The van der Waals surface area contributed by atoms with Gasteiger partial charge in [0.15, 0.2) is 5.41 Å². The summed E-state index contributed by atoms with van der Waals surface area (Å²) in [4.78, 5) is 31.9. The second-order valence-corrected chi connectivity index (χ2v) is 11.3. The van der Waals surface area contributed by atoms with Crippen molar-refractivity contribution in [3.63, 3.8) is 0 Å².